The van der Waals surface area contributed by atoms with Crippen molar-refractivity contribution in [3.8, 4) is 0 Å². The quantitative estimate of drug-likeness (QED) is 0.821. The van der Waals surface area contributed by atoms with Crippen LogP contribution in [0.15, 0.2) is 12.1 Å². The van der Waals surface area contributed by atoms with Crippen LogP contribution in [0.5, 0.6) is 0 Å². The van der Waals surface area contributed by atoms with Crippen LogP contribution in [0.3, 0.4) is 0 Å². The van der Waals surface area contributed by atoms with E-state index in [1.165, 1.54) is 0 Å². The summed E-state index contributed by atoms with van der Waals surface area (Å²) in [5.41, 5.74) is 6.00. The second-order valence-electron chi connectivity index (χ2n) is 4.55. The molecule has 1 heterocycles. The van der Waals surface area contributed by atoms with Gasteiger partial charge in [0.1, 0.15) is 10.8 Å². The fraction of sp³-hybridized carbons (Fsp3) is 0.500. The average molecular weight is 288 g/mol. The maximum absolute atomic E-state index is 12.0. The molecule has 0 spiro atoms. The van der Waals surface area contributed by atoms with E-state index < -0.39 is 0 Å². The van der Waals surface area contributed by atoms with Crippen LogP contribution in [0.4, 0.5) is 0 Å². The summed E-state index contributed by atoms with van der Waals surface area (Å²) in [7, 11) is 0. The second-order valence-corrected chi connectivity index (χ2v) is 5.34. The van der Waals surface area contributed by atoms with Crippen molar-refractivity contribution in [1.29, 1.82) is 0 Å². The highest BCUT2D eigenvalue weighted by Gasteiger charge is 2.22. The molecule has 18 heavy (non-hydrogen) atoms. The number of nitrogens with two attached hydrogens (primary N) is 1. The lowest BCUT2D eigenvalue weighted by molar-refractivity contribution is 0.0921. The molecule has 3 N–H and O–H groups in total. The maximum atomic E-state index is 12.0. The van der Waals surface area contributed by atoms with Crippen LogP contribution in [0.2, 0.25) is 10.2 Å². The van der Waals surface area contributed by atoms with E-state index in [2.05, 4.69) is 10.3 Å². The Kier molecular flexibility index (Phi) is 4.43. The Morgan fingerprint density at radius 3 is 2.61 bits per heavy atom. The molecule has 6 heteroatoms. The fourth-order valence-corrected chi connectivity index (χ4v) is 2.43. The Hall–Kier alpha value is -0.840. The Labute approximate surface area is 116 Å². The van der Waals surface area contributed by atoms with Gasteiger partial charge in [0.25, 0.3) is 5.91 Å². The zero-order valence-electron chi connectivity index (χ0n) is 9.83. The predicted octanol–water partition coefficient (Wildman–Crippen LogP) is 2.39. The third kappa shape index (κ3) is 3.34. The van der Waals surface area contributed by atoms with Gasteiger partial charge in [-0.05, 0) is 37.8 Å². The minimum absolute atomic E-state index is 0.147. The zero-order valence-corrected chi connectivity index (χ0v) is 11.3. The molecule has 98 valence electrons. The van der Waals surface area contributed by atoms with Crippen LogP contribution in [-0.4, -0.2) is 23.0 Å². The molecule has 1 aliphatic carbocycles. The molecule has 0 radical (unpaired) electrons. The Morgan fingerprint density at radius 2 is 1.94 bits per heavy atom. The number of aromatic nitrogens is 1. The van der Waals surface area contributed by atoms with Crippen LogP contribution in [-0.2, 0) is 0 Å². The van der Waals surface area contributed by atoms with E-state index in [0.29, 0.717) is 5.02 Å². The Balaban J connectivity index is 2.01. The van der Waals surface area contributed by atoms with Crippen molar-refractivity contribution in [2.24, 2.45) is 5.73 Å². The number of nitrogens with zero attached hydrogens (tertiary/aromatic N) is 1. The van der Waals surface area contributed by atoms with Crippen molar-refractivity contribution in [2.75, 3.05) is 0 Å². The summed E-state index contributed by atoms with van der Waals surface area (Å²) in [6.07, 6.45) is 3.65. The van der Waals surface area contributed by atoms with Crippen molar-refractivity contribution < 1.29 is 4.79 Å². The normalized spacial score (nSPS) is 23.7. The first-order chi connectivity index (χ1) is 8.56. The molecule has 1 aliphatic rings. The predicted molar refractivity (Wildman–Crippen MR) is 72.0 cm³/mol. The van der Waals surface area contributed by atoms with Crippen LogP contribution in [0.25, 0.3) is 0 Å². The number of pyridine rings is 1. The molecule has 1 aromatic heterocycles. The molecule has 0 aromatic carbocycles. The zero-order chi connectivity index (χ0) is 13.1. The first-order valence-corrected chi connectivity index (χ1v) is 6.70. The van der Waals surface area contributed by atoms with Gasteiger partial charge in [0.2, 0.25) is 0 Å². The molecule has 1 aromatic rings. The molecule has 1 saturated carbocycles. The van der Waals surface area contributed by atoms with Gasteiger partial charge in [0, 0.05) is 12.1 Å². The SMILES string of the molecule is NC1CCC(NC(=O)c2nc(Cl)ccc2Cl)CC1. The summed E-state index contributed by atoms with van der Waals surface area (Å²) >= 11 is 11.7. The van der Waals surface area contributed by atoms with Gasteiger partial charge >= 0.3 is 0 Å². The van der Waals surface area contributed by atoms with Crippen LogP contribution >= 0.6 is 23.2 Å². The average Bonchev–Trinajstić information content (AvgIpc) is 2.35. The minimum atomic E-state index is -0.275. The molecule has 0 aliphatic heterocycles. The van der Waals surface area contributed by atoms with E-state index in [1.807, 2.05) is 0 Å². The second kappa shape index (κ2) is 5.87. The fourth-order valence-electron chi connectivity index (χ4n) is 2.09. The Bertz CT molecular complexity index is 445. The molecular formula is C12H15Cl2N3O. The highest BCUT2D eigenvalue weighted by molar-refractivity contribution is 6.34. The van der Waals surface area contributed by atoms with Crippen molar-refractivity contribution in [3.05, 3.63) is 28.0 Å². The topological polar surface area (TPSA) is 68.0 Å². The third-order valence-corrected chi connectivity index (χ3v) is 3.65. The number of hydrogen-bond donors (Lipinski definition) is 2. The lowest BCUT2D eigenvalue weighted by atomic mass is 9.92. The summed E-state index contributed by atoms with van der Waals surface area (Å²) in [6, 6.07) is 3.53. The van der Waals surface area contributed by atoms with E-state index in [0.717, 1.165) is 25.7 Å². The van der Waals surface area contributed by atoms with Crippen molar-refractivity contribution >= 4 is 29.1 Å². The van der Waals surface area contributed by atoms with E-state index in [4.69, 9.17) is 28.9 Å². The number of hydrogen-bond acceptors (Lipinski definition) is 3. The lowest BCUT2D eigenvalue weighted by Crippen LogP contribution is -2.40. The van der Waals surface area contributed by atoms with Gasteiger partial charge in [-0.3, -0.25) is 4.79 Å². The summed E-state index contributed by atoms with van der Waals surface area (Å²) < 4.78 is 0. The highest BCUT2D eigenvalue weighted by atomic mass is 35.5. The van der Waals surface area contributed by atoms with E-state index in [1.54, 1.807) is 12.1 Å². The van der Waals surface area contributed by atoms with Crippen LogP contribution in [0.1, 0.15) is 36.2 Å². The molecule has 0 bridgehead atoms. The molecule has 4 nitrogen and oxygen atoms in total. The molecule has 0 saturated heterocycles. The van der Waals surface area contributed by atoms with Crippen molar-refractivity contribution in [2.45, 2.75) is 37.8 Å². The van der Waals surface area contributed by atoms with E-state index >= 15 is 0 Å². The summed E-state index contributed by atoms with van der Waals surface area (Å²) in [4.78, 5) is 16.0. The third-order valence-electron chi connectivity index (χ3n) is 3.13. The highest BCUT2D eigenvalue weighted by Crippen LogP contribution is 2.20. The monoisotopic (exact) mass is 287 g/mol. The largest absolute Gasteiger partial charge is 0.348 e. The summed E-state index contributed by atoms with van der Waals surface area (Å²) in [5.74, 6) is -0.275. The maximum Gasteiger partial charge on any atom is 0.271 e. The van der Waals surface area contributed by atoms with Crippen molar-refractivity contribution in [1.82, 2.24) is 10.3 Å². The summed E-state index contributed by atoms with van der Waals surface area (Å²) in [6.45, 7) is 0. The van der Waals surface area contributed by atoms with Gasteiger partial charge in [-0.2, -0.15) is 0 Å². The number of nitrogens with one attached hydrogen (secondary N) is 1. The number of rotatable bonds is 2. The lowest BCUT2D eigenvalue weighted by Gasteiger charge is -2.26. The molecule has 0 atom stereocenters. The van der Waals surface area contributed by atoms with Gasteiger partial charge in [0.15, 0.2) is 0 Å². The number of carbonyl (C=O) groups excluding carboxylic acids is 1. The van der Waals surface area contributed by atoms with E-state index in [-0.39, 0.29) is 28.8 Å². The van der Waals surface area contributed by atoms with Crippen LogP contribution < -0.4 is 11.1 Å². The van der Waals surface area contributed by atoms with Gasteiger partial charge in [-0.15, -0.1) is 0 Å². The summed E-state index contributed by atoms with van der Waals surface area (Å²) in [5, 5.41) is 3.49. The smallest absolute Gasteiger partial charge is 0.271 e. The van der Waals surface area contributed by atoms with Gasteiger partial charge in [-0.1, -0.05) is 23.2 Å². The molecule has 2 rings (SSSR count). The Morgan fingerprint density at radius 1 is 1.28 bits per heavy atom. The van der Waals surface area contributed by atoms with Gasteiger partial charge in [0.05, 0.1) is 5.02 Å². The molecule has 1 amide bonds. The first-order valence-electron chi connectivity index (χ1n) is 5.94. The van der Waals surface area contributed by atoms with Gasteiger partial charge in [-0.25, -0.2) is 4.98 Å². The van der Waals surface area contributed by atoms with Gasteiger partial charge < -0.3 is 11.1 Å². The molecule has 1 fully saturated rings. The minimum Gasteiger partial charge on any atom is -0.348 e. The number of halogens is 2. The van der Waals surface area contributed by atoms with E-state index in [9.17, 15) is 4.79 Å². The van der Waals surface area contributed by atoms with Crippen molar-refractivity contribution in [3.63, 3.8) is 0 Å². The first kappa shape index (κ1) is 13.6. The molecular weight excluding hydrogens is 273 g/mol. The van der Waals surface area contributed by atoms with Crippen LogP contribution in [0, 0.1) is 0 Å². The molecule has 0 unspecified atom stereocenters. The number of amides is 1. The number of carbonyl (C=O) groups is 1. The standard InChI is InChI=1S/C12H15Cl2N3O/c13-9-5-6-10(14)17-11(9)12(18)16-8-3-1-7(15)2-4-8/h5-8H,1-4,15H2,(H,16,18).